The average Bonchev–Trinajstić information content (AvgIpc) is 2.73. The van der Waals surface area contributed by atoms with Gasteiger partial charge in [0, 0.05) is 19.1 Å². The second kappa shape index (κ2) is 9.08. The van der Waals surface area contributed by atoms with E-state index in [2.05, 4.69) is 11.4 Å². The summed E-state index contributed by atoms with van der Waals surface area (Å²) in [7, 11) is -3.61. The lowest BCUT2D eigenvalue weighted by molar-refractivity contribution is 0.0489. The van der Waals surface area contributed by atoms with Crippen molar-refractivity contribution >= 4 is 16.1 Å². The zero-order valence-electron chi connectivity index (χ0n) is 18.0. The van der Waals surface area contributed by atoms with Gasteiger partial charge in [-0.3, -0.25) is 0 Å². The molecule has 1 fully saturated rings. The van der Waals surface area contributed by atoms with Crippen LogP contribution in [0.1, 0.15) is 39.2 Å². The number of sulfonamides is 1. The fourth-order valence-electron chi connectivity index (χ4n) is 3.42. The predicted octanol–water partition coefficient (Wildman–Crippen LogP) is 3.90. The summed E-state index contributed by atoms with van der Waals surface area (Å²) in [6, 6.07) is 15.9. The summed E-state index contributed by atoms with van der Waals surface area (Å²) in [5.74, 6) is 0. The standard InChI is InChI=1S/C23H27N3O4S/c1-23(2,3)30-22(27)25-20-12-14-26(15-13-20)31(28,29)21-10-8-19(9-11-21)18-6-4-17(16-24)5-7-18/h4-11,20H,12-15H2,1-3H3,(H,25,27). The van der Waals surface area contributed by atoms with E-state index < -0.39 is 21.7 Å². The van der Waals surface area contributed by atoms with Gasteiger partial charge in [-0.15, -0.1) is 0 Å². The maximum Gasteiger partial charge on any atom is 0.407 e. The molecule has 2 aromatic rings. The number of hydrogen-bond acceptors (Lipinski definition) is 5. The molecule has 31 heavy (non-hydrogen) atoms. The second-order valence-corrected chi connectivity index (χ2v) is 10.5. The monoisotopic (exact) mass is 441 g/mol. The summed E-state index contributed by atoms with van der Waals surface area (Å²) in [5.41, 5.74) is 1.80. The number of carbonyl (C=O) groups is 1. The molecule has 0 atom stereocenters. The van der Waals surface area contributed by atoms with Crippen LogP contribution in [0, 0.1) is 11.3 Å². The number of alkyl carbamates (subject to hydrolysis) is 1. The second-order valence-electron chi connectivity index (χ2n) is 8.54. The Balaban J connectivity index is 1.62. The Morgan fingerprint density at radius 3 is 2.03 bits per heavy atom. The fraction of sp³-hybridized carbons (Fsp3) is 0.391. The quantitative estimate of drug-likeness (QED) is 0.776. The Hall–Kier alpha value is -2.89. The van der Waals surface area contributed by atoms with E-state index in [9.17, 15) is 13.2 Å². The van der Waals surface area contributed by atoms with E-state index in [-0.39, 0.29) is 10.9 Å². The molecule has 1 amide bonds. The third-order valence-corrected chi connectivity index (χ3v) is 6.93. The molecule has 8 heteroatoms. The first-order chi connectivity index (χ1) is 14.6. The maximum absolute atomic E-state index is 13.0. The minimum atomic E-state index is -3.61. The lowest BCUT2D eigenvalue weighted by Crippen LogP contribution is -2.47. The van der Waals surface area contributed by atoms with Crippen molar-refractivity contribution in [3.05, 3.63) is 54.1 Å². The number of hydrogen-bond donors (Lipinski definition) is 1. The summed E-state index contributed by atoms with van der Waals surface area (Å²) in [4.78, 5) is 12.2. The molecule has 7 nitrogen and oxygen atoms in total. The molecule has 0 bridgehead atoms. The van der Waals surface area contributed by atoms with Crippen LogP contribution < -0.4 is 5.32 Å². The van der Waals surface area contributed by atoms with Gasteiger partial charge in [-0.1, -0.05) is 24.3 Å². The Kier molecular flexibility index (Phi) is 6.68. The minimum Gasteiger partial charge on any atom is -0.444 e. The molecule has 0 radical (unpaired) electrons. The van der Waals surface area contributed by atoms with E-state index in [0.29, 0.717) is 31.5 Å². The molecule has 164 valence electrons. The minimum absolute atomic E-state index is 0.111. The van der Waals surface area contributed by atoms with Crippen LogP contribution in [0.3, 0.4) is 0 Å². The molecule has 0 saturated carbocycles. The number of nitriles is 1. The molecule has 1 aliphatic rings. The molecule has 2 aromatic carbocycles. The van der Waals surface area contributed by atoms with E-state index in [0.717, 1.165) is 11.1 Å². The van der Waals surface area contributed by atoms with Crippen LogP contribution in [0.4, 0.5) is 4.79 Å². The molecule has 1 saturated heterocycles. The van der Waals surface area contributed by atoms with Crippen LogP contribution in [0.5, 0.6) is 0 Å². The van der Waals surface area contributed by atoms with Crippen molar-refractivity contribution in [1.29, 1.82) is 5.26 Å². The third-order valence-electron chi connectivity index (χ3n) is 5.01. The van der Waals surface area contributed by atoms with Gasteiger partial charge in [0.1, 0.15) is 5.60 Å². The van der Waals surface area contributed by atoms with Gasteiger partial charge < -0.3 is 10.1 Å². The molecule has 0 aliphatic carbocycles. The number of rotatable bonds is 4. The summed E-state index contributed by atoms with van der Waals surface area (Å²) < 4.78 is 32.7. The van der Waals surface area contributed by atoms with E-state index in [1.54, 1.807) is 57.2 Å². The molecular formula is C23H27N3O4S. The SMILES string of the molecule is CC(C)(C)OC(=O)NC1CCN(S(=O)(=O)c2ccc(-c3ccc(C#N)cc3)cc2)CC1. The Labute approximate surface area is 183 Å². The number of benzene rings is 2. The summed E-state index contributed by atoms with van der Waals surface area (Å²) in [5, 5.41) is 11.7. The van der Waals surface area contributed by atoms with E-state index >= 15 is 0 Å². The Morgan fingerprint density at radius 2 is 1.55 bits per heavy atom. The number of amides is 1. The molecule has 3 rings (SSSR count). The van der Waals surface area contributed by atoms with Gasteiger partial charge in [0.25, 0.3) is 0 Å². The lowest BCUT2D eigenvalue weighted by atomic mass is 10.0. The first-order valence-electron chi connectivity index (χ1n) is 10.2. The van der Waals surface area contributed by atoms with E-state index in [1.165, 1.54) is 4.31 Å². The summed E-state index contributed by atoms with van der Waals surface area (Å²) in [6.07, 6.45) is 0.580. The van der Waals surface area contributed by atoms with Gasteiger partial charge >= 0.3 is 6.09 Å². The lowest BCUT2D eigenvalue weighted by Gasteiger charge is -2.32. The van der Waals surface area contributed by atoms with Gasteiger partial charge in [0.05, 0.1) is 16.5 Å². The van der Waals surface area contributed by atoms with Crippen molar-refractivity contribution in [2.24, 2.45) is 0 Å². The zero-order chi connectivity index (χ0) is 22.6. The van der Waals surface area contributed by atoms with Crippen LogP contribution in [-0.2, 0) is 14.8 Å². The van der Waals surface area contributed by atoms with Crippen LogP contribution in [0.2, 0.25) is 0 Å². The largest absolute Gasteiger partial charge is 0.444 e. The molecule has 1 aliphatic heterocycles. The number of carbonyl (C=O) groups excluding carboxylic acids is 1. The number of piperidine rings is 1. The highest BCUT2D eigenvalue weighted by atomic mass is 32.2. The highest BCUT2D eigenvalue weighted by Gasteiger charge is 2.30. The molecule has 1 N–H and O–H groups in total. The van der Waals surface area contributed by atoms with Crippen molar-refractivity contribution in [3.8, 4) is 17.2 Å². The van der Waals surface area contributed by atoms with Crippen LogP contribution in [0.25, 0.3) is 11.1 Å². The van der Waals surface area contributed by atoms with Gasteiger partial charge in [0.2, 0.25) is 10.0 Å². The third kappa shape index (κ3) is 5.84. The highest BCUT2D eigenvalue weighted by Crippen LogP contribution is 2.25. The normalized spacial score (nSPS) is 15.8. The van der Waals surface area contributed by atoms with Crippen LogP contribution >= 0.6 is 0 Å². The van der Waals surface area contributed by atoms with Gasteiger partial charge in [-0.2, -0.15) is 9.57 Å². The highest BCUT2D eigenvalue weighted by molar-refractivity contribution is 7.89. The topological polar surface area (TPSA) is 99.5 Å². The molecule has 0 unspecified atom stereocenters. The van der Waals surface area contributed by atoms with Crippen molar-refractivity contribution in [3.63, 3.8) is 0 Å². The van der Waals surface area contributed by atoms with E-state index in [4.69, 9.17) is 10.00 Å². The average molecular weight is 442 g/mol. The smallest absolute Gasteiger partial charge is 0.407 e. The predicted molar refractivity (Wildman–Crippen MR) is 118 cm³/mol. The van der Waals surface area contributed by atoms with Crippen molar-refractivity contribution in [1.82, 2.24) is 9.62 Å². The zero-order valence-corrected chi connectivity index (χ0v) is 18.8. The number of nitrogens with one attached hydrogen (secondary N) is 1. The summed E-state index contributed by atoms with van der Waals surface area (Å²) >= 11 is 0. The Bertz CT molecular complexity index is 1060. The molecule has 0 spiro atoms. The molecule has 0 aromatic heterocycles. The van der Waals surface area contributed by atoms with Crippen LogP contribution in [0.15, 0.2) is 53.4 Å². The van der Waals surface area contributed by atoms with Crippen molar-refractivity contribution < 1.29 is 17.9 Å². The maximum atomic E-state index is 13.0. The molecular weight excluding hydrogens is 414 g/mol. The van der Waals surface area contributed by atoms with E-state index in [1.807, 2.05) is 12.1 Å². The van der Waals surface area contributed by atoms with Crippen molar-refractivity contribution in [2.75, 3.05) is 13.1 Å². The van der Waals surface area contributed by atoms with Crippen molar-refractivity contribution in [2.45, 2.75) is 50.2 Å². The number of ether oxygens (including phenoxy) is 1. The molecule has 1 heterocycles. The fourth-order valence-corrected chi connectivity index (χ4v) is 4.89. The Morgan fingerprint density at radius 1 is 1.03 bits per heavy atom. The van der Waals surface area contributed by atoms with Crippen LogP contribution in [-0.4, -0.2) is 43.5 Å². The summed E-state index contributed by atoms with van der Waals surface area (Å²) in [6.45, 7) is 6.07. The van der Waals surface area contributed by atoms with Gasteiger partial charge in [0.15, 0.2) is 0 Å². The first-order valence-corrected chi connectivity index (χ1v) is 11.6. The first kappa shape index (κ1) is 22.8. The van der Waals surface area contributed by atoms with Gasteiger partial charge in [-0.05, 0) is 69.0 Å². The number of nitrogens with zero attached hydrogens (tertiary/aromatic N) is 2. The van der Waals surface area contributed by atoms with Gasteiger partial charge in [-0.25, -0.2) is 13.2 Å².